The van der Waals surface area contributed by atoms with Gasteiger partial charge in [-0.1, -0.05) is 64.1 Å². The Balaban J connectivity index is 1.74. The minimum Gasteiger partial charge on any atom is -0.355 e. The fraction of sp³-hybridized carbons (Fsp3) is 0.250. The number of nitrogens with one attached hydrogen (secondary N) is 2. The third-order valence-corrected chi connectivity index (χ3v) is 6.24. The molecule has 2 aliphatic heterocycles. The summed E-state index contributed by atoms with van der Waals surface area (Å²) in [6, 6.07) is 22.0. The highest BCUT2D eigenvalue weighted by Crippen LogP contribution is 2.51. The van der Waals surface area contributed by atoms with Gasteiger partial charge in [0.15, 0.2) is 0 Å². The van der Waals surface area contributed by atoms with Gasteiger partial charge >= 0.3 is 0 Å². The van der Waals surface area contributed by atoms with Crippen LogP contribution in [0.3, 0.4) is 0 Å². The molecule has 0 bridgehead atoms. The minimum atomic E-state index is -0.0327. The van der Waals surface area contributed by atoms with Gasteiger partial charge in [0.05, 0.1) is 0 Å². The third kappa shape index (κ3) is 1.93. The van der Waals surface area contributed by atoms with Crippen LogP contribution in [0.4, 0.5) is 22.7 Å². The van der Waals surface area contributed by atoms with Crippen molar-refractivity contribution >= 4 is 22.7 Å². The monoisotopic (exact) mass is 340 g/mol. The molecule has 0 radical (unpaired) electrons. The second kappa shape index (κ2) is 4.91. The molecular weight excluding hydrogens is 316 g/mol. The first-order valence-electron chi connectivity index (χ1n) is 9.31. The zero-order valence-corrected chi connectivity index (χ0v) is 15.8. The van der Waals surface area contributed by atoms with E-state index in [9.17, 15) is 0 Å². The third-order valence-electron chi connectivity index (χ3n) is 6.24. The smallest absolute Gasteiger partial charge is 0.0430 e. The normalized spacial score (nSPS) is 17.7. The van der Waals surface area contributed by atoms with Gasteiger partial charge in [-0.25, -0.2) is 0 Å². The van der Waals surface area contributed by atoms with Crippen molar-refractivity contribution in [1.29, 1.82) is 0 Å². The first kappa shape index (κ1) is 15.5. The van der Waals surface area contributed by atoms with E-state index in [0.717, 1.165) is 0 Å². The molecule has 2 aliphatic rings. The maximum Gasteiger partial charge on any atom is 0.0430 e. The molecule has 0 fully saturated rings. The molecule has 3 aromatic rings. The van der Waals surface area contributed by atoms with E-state index in [1.807, 2.05) is 0 Å². The van der Waals surface area contributed by atoms with Crippen molar-refractivity contribution < 1.29 is 0 Å². The van der Waals surface area contributed by atoms with Gasteiger partial charge in [-0.15, -0.1) is 0 Å². The van der Waals surface area contributed by atoms with Crippen LogP contribution < -0.4 is 10.6 Å². The summed E-state index contributed by atoms with van der Waals surface area (Å²) in [5.74, 6) is 0. The predicted octanol–water partition coefficient (Wildman–Crippen LogP) is 6.45. The summed E-state index contributed by atoms with van der Waals surface area (Å²) in [6.07, 6.45) is 0. The quantitative estimate of drug-likeness (QED) is 0.491. The zero-order valence-electron chi connectivity index (χ0n) is 15.8. The van der Waals surface area contributed by atoms with Crippen molar-refractivity contribution in [3.63, 3.8) is 0 Å². The Labute approximate surface area is 155 Å². The molecule has 2 nitrogen and oxygen atoms in total. The average Bonchev–Trinajstić information content (AvgIpc) is 2.62. The Morgan fingerprint density at radius 1 is 0.500 bits per heavy atom. The lowest BCUT2D eigenvalue weighted by molar-refractivity contribution is 0.623. The lowest BCUT2D eigenvalue weighted by Crippen LogP contribution is -2.30. The molecule has 0 amide bonds. The van der Waals surface area contributed by atoms with E-state index in [0.29, 0.717) is 0 Å². The number of fused-ring (bicyclic) bond motifs is 4. The van der Waals surface area contributed by atoms with Crippen LogP contribution in [-0.2, 0) is 10.8 Å². The van der Waals surface area contributed by atoms with E-state index in [4.69, 9.17) is 0 Å². The van der Waals surface area contributed by atoms with Gasteiger partial charge in [0.25, 0.3) is 0 Å². The number of para-hydroxylation sites is 2. The molecule has 130 valence electrons. The largest absolute Gasteiger partial charge is 0.355 e. The van der Waals surface area contributed by atoms with Crippen molar-refractivity contribution in [2.24, 2.45) is 0 Å². The molecule has 0 spiro atoms. The number of rotatable bonds is 0. The predicted molar refractivity (Wildman–Crippen MR) is 110 cm³/mol. The molecule has 0 aromatic heterocycles. The molecule has 26 heavy (non-hydrogen) atoms. The first-order chi connectivity index (χ1) is 12.4. The highest BCUT2D eigenvalue weighted by Gasteiger charge is 2.37. The molecule has 0 atom stereocenters. The number of hydrogen-bond acceptors (Lipinski definition) is 2. The molecule has 3 aromatic carbocycles. The maximum absolute atomic E-state index is 3.68. The lowest BCUT2D eigenvalue weighted by atomic mass is 9.70. The minimum absolute atomic E-state index is 0.0327. The molecule has 0 unspecified atom stereocenters. The molecular formula is C24H24N2. The van der Waals surface area contributed by atoms with Crippen molar-refractivity contribution in [2.75, 3.05) is 10.6 Å². The number of anilines is 4. The summed E-state index contributed by atoms with van der Waals surface area (Å²) in [5.41, 5.74) is 10.2. The molecule has 2 heteroatoms. The Hall–Kier alpha value is -2.74. The zero-order chi connectivity index (χ0) is 18.1. The molecule has 5 rings (SSSR count). The fourth-order valence-corrected chi connectivity index (χ4v) is 4.70. The van der Waals surface area contributed by atoms with Gasteiger partial charge in [-0.05, 0) is 46.5 Å². The Morgan fingerprint density at radius 2 is 0.885 bits per heavy atom. The molecule has 0 saturated heterocycles. The summed E-state index contributed by atoms with van der Waals surface area (Å²) in [7, 11) is 0. The van der Waals surface area contributed by atoms with E-state index < -0.39 is 0 Å². The Bertz CT molecular complexity index is 959. The lowest BCUT2D eigenvalue weighted by Gasteiger charge is -2.40. The van der Waals surface area contributed by atoms with Crippen LogP contribution in [-0.4, -0.2) is 0 Å². The SMILES string of the molecule is CC1(C)c2ccccc2Nc2cc3c(cc21)Nc1ccccc1C3(C)C. The van der Waals surface area contributed by atoms with Crippen LogP contribution in [0.15, 0.2) is 60.7 Å². The summed E-state index contributed by atoms with van der Waals surface area (Å²) in [6.45, 7) is 9.28. The van der Waals surface area contributed by atoms with E-state index in [1.54, 1.807) is 0 Å². The number of hydrogen-bond donors (Lipinski definition) is 2. The molecule has 2 heterocycles. The van der Waals surface area contributed by atoms with Crippen LogP contribution in [0.1, 0.15) is 49.9 Å². The molecule has 0 aliphatic carbocycles. The van der Waals surface area contributed by atoms with E-state index in [2.05, 4.69) is 99.0 Å². The fourth-order valence-electron chi connectivity index (χ4n) is 4.70. The molecule has 2 N–H and O–H groups in total. The van der Waals surface area contributed by atoms with Gasteiger partial charge in [-0.2, -0.15) is 0 Å². The van der Waals surface area contributed by atoms with Crippen molar-refractivity contribution in [2.45, 2.75) is 38.5 Å². The highest BCUT2D eigenvalue weighted by atomic mass is 14.9. The second-order valence-electron chi connectivity index (χ2n) is 8.53. The standard InChI is InChI=1S/C24H24N2/c1-23(2)15-9-5-7-11-19(15)25-21-14-18-22(13-17(21)23)26-20-12-8-6-10-16(20)24(18,3)4/h5-14,25-26H,1-4H3. The van der Waals surface area contributed by atoms with Crippen LogP contribution in [0.2, 0.25) is 0 Å². The van der Waals surface area contributed by atoms with E-state index in [-0.39, 0.29) is 10.8 Å². The summed E-state index contributed by atoms with van der Waals surface area (Å²) in [4.78, 5) is 0. The summed E-state index contributed by atoms with van der Waals surface area (Å²) in [5, 5.41) is 7.36. The van der Waals surface area contributed by atoms with Gasteiger partial charge < -0.3 is 10.6 Å². The van der Waals surface area contributed by atoms with Gasteiger partial charge in [0.1, 0.15) is 0 Å². The topological polar surface area (TPSA) is 24.1 Å². The second-order valence-corrected chi connectivity index (χ2v) is 8.53. The van der Waals surface area contributed by atoms with Crippen LogP contribution in [0.25, 0.3) is 0 Å². The van der Waals surface area contributed by atoms with Gasteiger partial charge in [-0.3, -0.25) is 0 Å². The van der Waals surface area contributed by atoms with Crippen LogP contribution in [0.5, 0.6) is 0 Å². The number of benzene rings is 3. The summed E-state index contributed by atoms with van der Waals surface area (Å²) >= 11 is 0. The van der Waals surface area contributed by atoms with Gasteiger partial charge in [0.2, 0.25) is 0 Å². The van der Waals surface area contributed by atoms with Crippen LogP contribution in [0, 0.1) is 0 Å². The Morgan fingerprint density at radius 3 is 1.31 bits per heavy atom. The van der Waals surface area contributed by atoms with Crippen molar-refractivity contribution in [1.82, 2.24) is 0 Å². The van der Waals surface area contributed by atoms with E-state index in [1.165, 1.54) is 45.0 Å². The first-order valence-corrected chi connectivity index (χ1v) is 9.31. The summed E-state index contributed by atoms with van der Waals surface area (Å²) < 4.78 is 0. The van der Waals surface area contributed by atoms with Crippen LogP contribution >= 0.6 is 0 Å². The molecule has 0 saturated carbocycles. The van der Waals surface area contributed by atoms with Crippen molar-refractivity contribution in [3.05, 3.63) is 82.9 Å². The van der Waals surface area contributed by atoms with E-state index >= 15 is 0 Å². The van der Waals surface area contributed by atoms with Gasteiger partial charge in [0, 0.05) is 33.6 Å². The maximum atomic E-state index is 3.68. The van der Waals surface area contributed by atoms with Crippen molar-refractivity contribution in [3.8, 4) is 0 Å². The average molecular weight is 340 g/mol. The highest BCUT2D eigenvalue weighted by molar-refractivity contribution is 5.83. The Kier molecular flexibility index (Phi) is 2.93.